The first-order valence-electron chi connectivity index (χ1n) is 9.08. The van der Waals surface area contributed by atoms with Gasteiger partial charge in [0.05, 0.1) is 6.04 Å². The minimum absolute atomic E-state index is 0.218. The Morgan fingerprint density at radius 1 is 1.12 bits per heavy atom. The zero-order valence-electron chi connectivity index (χ0n) is 14.3. The molecule has 1 atom stereocenters. The SMILES string of the molecule is Clc1cccc(Oc2ccc(C3CN(C4CCC4)CCC[N]3)cn2)c1. The lowest BCUT2D eigenvalue weighted by Crippen LogP contribution is -2.42. The predicted octanol–water partition coefficient (Wildman–Crippen LogP) is 4.43. The molecule has 0 amide bonds. The van der Waals surface area contributed by atoms with E-state index in [0.717, 1.165) is 25.6 Å². The van der Waals surface area contributed by atoms with Gasteiger partial charge in [0, 0.05) is 36.4 Å². The molecule has 4 rings (SSSR count). The van der Waals surface area contributed by atoms with Gasteiger partial charge in [-0.2, -0.15) is 0 Å². The zero-order chi connectivity index (χ0) is 17.1. The van der Waals surface area contributed by atoms with Crippen LogP contribution in [0.25, 0.3) is 0 Å². The maximum atomic E-state index is 5.99. The highest BCUT2D eigenvalue weighted by Gasteiger charge is 2.29. The molecule has 2 aromatic rings. The van der Waals surface area contributed by atoms with Crippen molar-refractivity contribution >= 4 is 11.6 Å². The molecule has 1 aromatic heterocycles. The summed E-state index contributed by atoms with van der Waals surface area (Å²) >= 11 is 5.99. The van der Waals surface area contributed by atoms with Crippen LogP contribution in [-0.2, 0) is 0 Å². The molecule has 5 heteroatoms. The molecule has 0 N–H and O–H groups in total. The van der Waals surface area contributed by atoms with Crippen LogP contribution in [0, 0.1) is 0 Å². The summed E-state index contributed by atoms with van der Waals surface area (Å²) in [5.74, 6) is 1.28. The van der Waals surface area contributed by atoms with Crippen molar-refractivity contribution in [3.8, 4) is 11.6 Å². The number of aromatic nitrogens is 1. The highest BCUT2D eigenvalue weighted by molar-refractivity contribution is 6.30. The molecule has 131 valence electrons. The van der Waals surface area contributed by atoms with Gasteiger partial charge in [-0.3, -0.25) is 4.90 Å². The van der Waals surface area contributed by atoms with Gasteiger partial charge in [-0.25, -0.2) is 10.3 Å². The molecule has 0 bridgehead atoms. The number of benzene rings is 1. The van der Waals surface area contributed by atoms with Crippen LogP contribution in [0.15, 0.2) is 42.6 Å². The lowest BCUT2D eigenvalue weighted by Gasteiger charge is -2.38. The van der Waals surface area contributed by atoms with E-state index in [1.54, 1.807) is 6.07 Å². The number of pyridine rings is 1. The van der Waals surface area contributed by atoms with Gasteiger partial charge in [-0.05, 0) is 49.6 Å². The Balaban J connectivity index is 1.43. The molecular weight excluding hydrogens is 334 g/mol. The van der Waals surface area contributed by atoms with Crippen LogP contribution in [0.5, 0.6) is 11.6 Å². The van der Waals surface area contributed by atoms with Crippen molar-refractivity contribution in [2.45, 2.75) is 37.8 Å². The van der Waals surface area contributed by atoms with Crippen LogP contribution in [0.3, 0.4) is 0 Å². The summed E-state index contributed by atoms with van der Waals surface area (Å²) in [5, 5.41) is 5.52. The molecular formula is C20H23ClN3O. The van der Waals surface area contributed by atoms with Crippen molar-refractivity contribution < 1.29 is 4.74 Å². The van der Waals surface area contributed by atoms with Gasteiger partial charge in [0.2, 0.25) is 5.88 Å². The summed E-state index contributed by atoms with van der Waals surface area (Å²) in [6.07, 6.45) is 7.13. The average molecular weight is 357 g/mol. The third-order valence-corrected chi connectivity index (χ3v) is 5.35. The second-order valence-electron chi connectivity index (χ2n) is 6.84. The van der Waals surface area contributed by atoms with Gasteiger partial charge in [-0.1, -0.05) is 30.2 Å². The summed E-state index contributed by atoms with van der Waals surface area (Å²) in [7, 11) is 0. The van der Waals surface area contributed by atoms with Crippen molar-refractivity contribution in [2.75, 3.05) is 19.6 Å². The highest BCUT2D eigenvalue weighted by atomic mass is 35.5. The maximum Gasteiger partial charge on any atom is 0.219 e. The third kappa shape index (κ3) is 4.14. The van der Waals surface area contributed by atoms with Crippen LogP contribution in [0.4, 0.5) is 0 Å². The molecule has 1 aliphatic carbocycles. The molecule has 1 radical (unpaired) electrons. The summed E-state index contributed by atoms with van der Waals surface area (Å²) in [4.78, 5) is 7.10. The molecule has 4 nitrogen and oxygen atoms in total. The van der Waals surface area contributed by atoms with E-state index >= 15 is 0 Å². The monoisotopic (exact) mass is 356 g/mol. The van der Waals surface area contributed by atoms with Gasteiger partial charge in [0.15, 0.2) is 0 Å². The van der Waals surface area contributed by atoms with Crippen LogP contribution < -0.4 is 10.1 Å². The Kier molecular flexibility index (Phi) is 5.20. The first-order valence-corrected chi connectivity index (χ1v) is 9.46. The number of hydrogen-bond acceptors (Lipinski definition) is 3. The zero-order valence-corrected chi connectivity index (χ0v) is 15.0. The molecule has 25 heavy (non-hydrogen) atoms. The molecule has 2 aliphatic rings. The second kappa shape index (κ2) is 7.73. The quantitative estimate of drug-likeness (QED) is 0.813. The van der Waals surface area contributed by atoms with Crippen molar-refractivity contribution in [3.05, 3.63) is 53.2 Å². The number of rotatable bonds is 4. The Labute approximate surface area is 154 Å². The largest absolute Gasteiger partial charge is 0.439 e. The molecule has 2 fully saturated rings. The average Bonchev–Trinajstić information content (AvgIpc) is 2.80. The Bertz CT molecular complexity index is 702. The topological polar surface area (TPSA) is 39.5 Å². The fourth-order valence-corrected chi connectivity index (χ4v) is 3.67. The number of nitrogens with zero attached hydrogens (tertiary/aromatic N) is 3. The van der Waals surface area contributed by atoms with Gasteiger partial charge < -0.3 is 4.74 Å². The van der Waals surface area contributed by atoms with E-state index in [-0.39, 0.29) is 6.04 Å². The Morgan fingerprint density at radius 2 is 2.04 bits per heavy atom. The summed E-state index contributed by atoms with van der Waals surface area (Å²) in [5.41, 5.74) is 1.17. The van der Waals surface area contributed by atoms with Gasteiger partial charge in [0.1, 0.15) is 5.75 Å². The van der Waals surface area contributed by atoms with Crippen LogP contribution in [0.2, 0.25) is 5.02 Å². The van der Waals surface area contributed by atoms with Crippen molar-refractivity contribution in [1.29, 1.82) is 0 Å². The fraction of sp³-hybridized carbons (Fsp3) is 0.450. The highest BCUT2D eigenvalue weighted by Crippen LogP contribution is 2.29. The molecule has 1 saturated heterocycles. The van der Waals surface area contributed by atoms with Crippen LogP contribution in [-0.4, -0.2) is 35.6 Å². The van der Waals surface area contributed by atoms with Crippen molar-refractivity contribution in [3.63, 3.8) is 0 Å². The second-order valence-corrected chi connectivity index (χ2v) is 7.28. The first kappa shape index (κ1) is 16.8. The molecule has 0 spiro atoms. The lowest BCUT2D eigenvalue weighted by atomic mass is 9.91. The predicted molar refractivity (Wildman–Crippen MR) is 99.3 cm³/mol. The molecule has 1 unspecified atom stereocenters. The summed E-state index contributed by atoms with van der Waals surface area (Å²) < 4.78 is 5.78. The van der Waals surface area contributed by atoms with Gasteiger partial charge >= 0.3 is 0 Å². The number of hydrogen-bond donors (Lipinski definition) is 0. The minimum atomic E-state index is 0.218. The molecule has 1 aliphatic heterocycles. The van der Waals surface area contributed by atoms with Crippen molar-refractivity contribution in [2.24, 2.45) is 0 Å². The third-order valence-electron chi connectivity index (χ3n) is 5.11. The molecule has 2 heterocycles. The van der Waals surface area contributed by atoms with E-state index in [4.69, 9.17) is 21.7 Å². The first-order chi connectivity index (χ1) is 12.3. The van der Waals surface area contributed by atoms with E-state index < -0.39 is 0 Å². The van der Waals surface area contributed by atoms with E-state index in [9.17, 15) is 0 Å². The molecule has 1 aromatic carbocycles. The van der Waals surface area contributed by atoms with Gasteiger partial charge in [-0.15, -0.1) is 0 Å². The summed E-state index contributed by atoms with van der Waals surface area (Å²) in [6, 6.07) is 12.4. The Morgan fingerprint density at radius 3 is 2.76 bits per heavy atom. The normalized spacial score (nSPS) is 22.2. The van der Waals surface area contributed by atoms with Crippen molar-refractivity contribution in [1.82, 2.24) is 15.2 Å². The Hall–Kier alpha value is -1.62. The molecule has 1 saturated carbocycles. The lowest BCUT2D eigenvalue weighted by molar-refractivity contribution is 0.125. The van der Waals surface area contributed by atoms with E-state index in [1.165, 1.54) is 31.4 Å². The van der Waals surface area contributed by atoms with Gasteiger partial charge in [0.25, 0.3) is 0 Å². The summed E-state index contributed by atoms with van der Waals surface area (Å²) in [6.45, 7) is 3.13. The van der Waals surface area contributed by atoms with E-state index in [0.29, 0.717) is 16.7 Å². The maximum absolute atomic E-state index is 5.99. The van der Waals surface area contributed by atoms with Crippen LogP contribution in [0.1, 0.15) is 37.3 Å². The fourth-order valence-electron chi connectivity index (χ4n) is 3.49. The minimum Gasteiger partial charge on any atom is -0.439 e. The number of ether oxygens (including phenoxy) is 1. The number of halogens is 1. The standard InChI is InChI=1S/C20H23ClN3O/c21-16-4-1-7-18(12-16)25-20-9-8-15(13-23-20)19-14-24(11-3-10-22-19)17-5-2-6-17/h1,4,7-9,12-13,17,19H,2-3,5-6,10-11,14H2. The smallest absolute Gasteiger partial charge is 0.219 e. The van der Waals surface area contributed by atoms with E-state index in [1.807, 2.05) is 30.5 Å². The van der Waals surface area contributed by atoms with E-state index in [2.05, 4.69) is 16.0 Å². The van der Waals surface area contributed by atoms with Crippen LogP contribution >= 0.6 is 11.6 Å².